The van der Waals surface area contributed by atoms with Crippen molar-refractivity contribution < 1.29 is 5.11 Å². The topological polar surface area (TPSA) is 51.2 Å². The van der Waals surface area contributed by atoms with E-state index in [1.807, 2.05) is 37.0 Å². The van der Waals surface area contributed by atoms with Crippen LogP contribution in [0, 0.1) is 0 Å². The number of nitrogens with zero attached hydrogens (tertiary/aromatic N) is 1. The van der Waals surface area contributed by atoms with Gasteiger partial charge >= 0.3 is 0 Å². The molecule has 1 aromatic rings. The number of rotatable bonds is 3. The highest BCUT2D eigenvalue weighted by molar-refractivity contribution is 5.22. The van der Waals surface area contributed by atoms with Gasteiger partial charge in [0.25, 0.3) is 0 Å². The van der Waals surface area contributed by atoms with E-state index in [0.29, 0.717) is 6.54 Å². The minimum atomic E-state index is -0.290. The van der Waals surface area contributed by atoms with Gasteiger partial charge in [0.1, 0.15) is 0 Å². The highest BCUT2D eigenvalue weighted by Gasteiger charge is 2.24. The predicted molar refractivity (Wildman–Crippen MR) is 48.9 cm³/mol. The predicted octanol–water partition coefficient (Wildman–Crippen LogP) is 0.234. The van der Waals surface area contributed by atoms with Crippen LogP contribution in [0.25, 0.3) is 0 Å². The average molecular weight is 168 g/mol. The molecule has 1 aromatic heterocycles. The molecule has 0 fully saturated rings. The first-order chi connectivity index (χ1) is 5.62. The smallest absolute Gasteiger partial charge is 0.0538 e. The largest absolute Gasteiger partial charge is 0.395 e. The van der Waals surface area contributed by atoms with E-state index in [9.17, 15) is 0 Å². The average Bonchev–Trinajstić information content (AvgIpc) is 2.51. The Kier molecular flexibility index (Phi) is 2.55. The Morgan fingerprint density at radius 2 is 2.33 bits per heavy atom. The SMILES string of the molecule is Cn1ccc(C(C)(CN)CO)c1. The zero-order valence-corrected chi connectivity index (χ0v) is 7.62. The Balaban J connectivity index is 2.94. The van der Waals surface area contributed by atoms with Crippen molar-refractivity contribution in [3.63, 3.8) is 0 Å². The van der Waals surface area contributed by atoms with Gasteiger partial charge in [-0.2, -0.15) is 0 Å². The first-order valence-corrected chi connectivity index (χ1v) is 4.06. The third-order valence-corrected chi connectivity index (χ3v) is 2.33. The van der Waals surface area contributed by atoms with Crippen molar-refractivity contribution >= 4 is 0 Å². The molecule has 68 valence electrons. The second-order valence-electron chi connectivity index (χ2n) is 3.49. The van der Waals surface area contributed by atoms with Gasteiger partial charge < -0.3 is 15.4 Å². The van der Waals surface area contributed by atoms with Crippen molar-refractivity contribution in [1.29, 1.82) is 0 Å². The summed E-state index contributed by atoms with van der Waals surface area (Å²) in [7, 11) is 1.96. The Bertz CT molecular complexity index is 251. The van der Waals surface area contributed by atoms with Gasteiger partial charge in [-0.05, 0) is 11.6 Å². The molecule has 1 unspecified atom stereocenters. The van der Waals surface area contributed by atoms with Crippen LogP contribution in [0.3, 0.4) is 0 Å². The lowest BCUT2D eigenvalue weighted by Gasteiger charge is -2.24. The van der Waals surface area contributed by atoms with Crippen LogP contribution in [0.4, 0.5) is 0 Å². The Labute approximate surface area is 72.8 Å². The van der Waals surface area contributed by atoms with Crippen LogP contribution in [0.2, 0.25) is 0 Å². The molecular formula is C9H16N2O. The first kappa shape index (κ1) is 9.29. The number of hydrogen-bond acceptors (Lipinski definition) is 2. The van der Waals surface area contributed by atoms with E-state index in [1.165, 1.54) is 0 Å². The van der Waals surface area contributed by atoms with Gasteiger partial charge in [-0.1, -0.05) is 6.92 Å². The van der Waals surface area contributed by atoms with E-state index in [2.05, 4.69) is 0 Å². The minimum absolute atomic E-state index is 0.0908. The van der Waals surface area contributed by atoms with Crippen molar-refractivity contribution in [2.75, 3.05) is 13.2 Å². The lowest BCUT2D eigenvalue weighted by molar-refractivity contribution is 0.210. The normalized spacial score (nSPS) is 16.0. The maximum Gasteiger partial charge on any atom is 0.0538 e. The van der Waals surface area contributed by atoms with E-state index < -0.39 is 0 Å². The molecule has 0 saturated carbocycles. The summed E-state index contributed by atoms with van der Waals surface area (Å²) in [4.78, 5) is 0. The fourth-order valence-corrected chi connectivity index (χ4v) is 1.13. The second-order valence-corrected chi connectivity index (χ2v) is 3.49. The summed E-state index contributed by atoms with van der Waals surface area (Å²) in [6.45, 7) is 2.52. The Morgan fingerprint density at radius 3 is 2.67 bits per heavy atom. The molecule has 0 aliphatic carbocycles. The highest BCUT2D eigenvalue weighted by atomic mass is 16.3. The number of aryl methyl sites for hydroxylation is 1. The second kappa shape index (κ2) is 3.29. The summed E-state index contributed by atoms with van der Waals surface area (Å²) < 4.78 is 1.96. The molecule has 0 saturated heterocycles. The maximum absolute atomic E-state index is 9.16. The summed E-state index contributed by atoms with van der Waals surface area (Å²) in [5, 5.41) is 9.16. The van der Waals surface area contributed by atoms with Crippen molar-refractivity contribution in [1.82, 2.24) is 4.57 Å². The number of nitrogens with two attached hydrogens (primary N) is 1. The van der Waals surface area contributed by atoms with Gasteiger partial charge in [0.15, 0.2) is 0 Å². The van der Waals surface area contributed by atoms with Gasteiger partial charge in [0.2, 0.25) is 0 Å². The monoisotopic (exact) mass is 168 g/mol. The maximum atomic E-state index is 9.16. The quantitative estimate of drug-likeness (QED) is 0.679. The Hall–Kier alpha value is -0.800. The highest BCUT2D eigenvalue weighted by Crippen LogP contribution is 2.21. The van der Waals surface area contributed by atoms with Crippen LogP contribution in [0.5, 0.6) is 0 Å². The van der Waals surface area contributed by atoms with E-state index in [1.54, 1.807) is 0 Å². The lowest BCUT2D eigenvalue weighted by atomic mass is 9.85. The number of aliphatic hydroxyl groups is 1. The first-order valence-electron chi connectivity index (χ1n) is 4.06. The summed E-state index contributed by atoms with van der Waals surface area (Å²) in [5.41, 5.74) is 6.39. The van der Waals surface area contributed by atoms with E-state index in [0.717, 1.165) is 5.56 Å². The van der Waals surface area contributed by atoms with E-state index in [-0.39, 0.29) is 12.0 Å². The molecule has 0 aromatic carbocycles. The Morgan fingerprint density at radius 1 is 1.67 bits per heavy atom. The van der Waals surface area contributed by atoms with Crippen LogP contribution in [0.15, 0.2) is 18.5 Å². The minimum Gasteiger partial charge on any atom is -0.395 e. The van der Waals surface area contributed by atoms with Crippen molar-refractivity contribution in [2.24, 2.45) is 12.8 Å². The molecule has 1 rings (SSSR count). The fraction of sp³-hybridized carbons (Fsp3) is 0.556. The van der Waals surface area contributed by atoms with Crippen LogP contribution < -0.4 is 5.73 Å². The number of aromatic nitrogens is 1. The van der Waals surface area contributed by atoms with Gasteiger partial charge in [-0.15, -0.1) is 0 Å². The van der Waals surface area contributed by atoms with Gasteiger partial charge in [0.05, 0.1) is 6.61 Å². The standard InChI is InChI=1S/C9H16N2O/c1-9(6-10,7-12)8-3-4-11(2)5-8/h3-5,12H,6-7,10H2,1-2H3. The molecule has 1 atom stereocenters. The van der Waals surface area contributed by atoms with Crippen molar-refractivity contribution in [2.45, 2.75) is 12.3 Å². The van der Waals surface area contributed by atoms with Gasteiger partial charge in [-0.3, -0.25) is 0 Å². The third kappa shape index (κ3) is 1.52. The summed E-state index contributed by atoms with van der Waals surface area (Å²) in [5.74, 6) is 0. The molecule has 0 amide bonds. The molecular weight excluding hydrogens is 152 g/mol. The number of hydrogen-bond donors (Lipinski definition) is 2. The zero-order valence-electron chi connectivity index (χ0n) is 7.62. The molecule has 1 heterocycles. The molecule has 0 bridgehead atoms. The van der Waals surface area contributed by atoms with Gasteiger partial charge in [-0.25, -0.2) is 0 Å². The molecule has 3 N–H and O–H groups in total. The fourth-order valence-electron chi connectivity index (χ4n) is 1.13. The van der Waals surface area contributed by atoms with Crippen molar-refractivity contribution in [3.05, 3.63) is 24.0 Å². The van der Waals surface area contributed by atoms with Gasteiger partial charge in [0, 0.05) is 31.4 Å². The van der Waals surface area contributed by atoms with Crippen molar-refractivity contribution in [3.8, 4) is 0 Å². The third-order valence-electron chi connectivity index (χ3n) is 2.33. The molecule has 0 aliphatic rings. The lowest BCUT2D eigenvalue weighted by Crippen LogP contribution is -2.35. The summed E-state index contributed by atoms with van der Waals surface area (Å²) in [6, 6.07) is 1.99. The molecule has 3 heteroatoms. The number of aliphatic hydroxyl groups excluding tert-OH is 1. The van der Waals surface area contributed by atoms with E-state index >= 15 is 0 Å². The van der Waals surface area contributed by atoms with E-state index in [4.69, 9.17) is 10.8 Å². The zero-order chi connectivity index (χ0) is 9.19. The molecule has 12 heavy (non-hydrogen) atoms. The van der Waals surface area contributed by atoms with Crippen LogP contribution >= 0.6 is 0 Å². The van der Waals surface area contributed by atoms with Crippen LogP contribution in [-0.4, -0.2) is 22.8 Å². The summed E-state index contributed by atoms with van der Waals surface area (Å²) in [6.07, 6.45) is 3.95. The molecule has 0 radical (unpaired) electrons. The van der Waals surface area contributed by atoms with Crippen LogP contribution in [-0.2, 0) is 12.5 Å². The molecule has 0 spiro atoms. The van der Waals surface area contributed by atoms with Crippen LogP contribution in [0.1, 0.15) is 12.5 Å². The molecule has 3 nitrogen and oxygen atoms in total. The molecule has 0 aliphatic heterocycles. The summed E-state index contributed by atoms with van der Waals surface area (Å²) >= 11 is 0.